The molecule has 0 spiro atoms. The number of aliphatic hydroxyl groups excluding tert-OH is 4. The Kier molecular flexibility index (Phi) is 25.6. The van der Waals surface area contributed by atoms with E-state index in [9.17, 15) is 30.0 Å². The summed E-state index contributed by atoms with van der Waals surface area (Å²) in [5, 5.41) is 38.5. The number of ether oxygens (including phenoxy) is 7. The van der Waals surface area contributed by atoms with E-state index in [4.69, 9.17) is 41.7 Å². The van der Waals surface area contributed by atoms with E-state index in [-0.39, 0.29) is 120 Å². The van der Waals surface area contributed by atoms with Gasteiger partial charge in [-0.1, -0.05) is 94.0 Å². The van der Waals surface area contributed by atoms with Crippen LogP contribution in [0.1, 0.15) is 128 Å². The summed E-state index contributed by atoms with van der Waals surface area (Å²) in [6, 6.07) is 0. The van der Waals surface area contributed by atoms with Gasteiger partial charge in [-0.25, -0.2) is 4.79 Å². The standard InChI is InChI=1S/C14H26O4Si.C13H26O3Si.C11H22O2Si.C9H14O4.C8H14O3.CH4/c1-14(2,3)19(5,6)18-12-8-7-11(9-12)17-10-13(15)16-4;1-13(2,3)17(4,5)16-9-6-10-11(14)8-15-12(10)7-9;1-11(2,3)14(4,5)13-10-7-6-9(12)8-10;1-5(10)13-9-4-12-8-3-6(11)2-7(8)9;1-10-8-4-11-7-3-5(9)2-6(7)8;/h7-8,11-12H,9-10H2,1-6H3;9-12,14H,6-8H2,1-5H3;6-7,9-10,12H,8H2,1-5H3;6-9,11H,2-4H2,1H3;5-9H,2-4H2,1H3;1H4/t11-,12+;9-,10-,11+,12-;9-,10+;6-,7+,8-,9+;5-,6+,7-,8+;/m01011./s1. The minimum absolute atomic E-state index is 0. The van der Waals surface area contributed by atoms with Crippen LogP contribution >= 0.6 is 0 Å². The van der Waals surface area contributed by atoms with E-state index in [1.165, 1.54) is 14.0 Å². The van der Waals surface area contributed by atoms with Crippen molar-refractivity contribution in [3.63, 3.8) is 0 Å². The Hall–Kier alpha value is -1.41. The molecule has 438 valence electrons. The normalized spacial score (nSPS) is 34.8. The number of rotatable bonds is 11. The predicted molar refractivity (Wildman–Crippen MR) is 300 cm³/mol. The molecule has 3 aliphatic heterocycles. The third-order valence-electron chi connectivity index (χ3n) is 17.5. The molecule has 8 aliphatic rings. The molecule has 6 fully saturated rings. The van der Waals surface area contributed by atoms with Gasteiger partial charge in [0, 0.05) is 50.7 Å². The lowest BCUT2D eigenvalue weighted by Gasteiger charge is -2.38. The molecular weight excluding hydrogens is 1010 g/mol. The summed E-state index contributed by atoms with van der Waals surface area (Å²) in [6.45, 7) is 36.8. The second-order valence-electron chi connectivity index (χ2n) is 26.4. The molecule has 16 nitrogen and oxygen atoms in total. The quantitative estimate of drug-likeness (QED) is 0.0865. The fourth-order valence-electron chi connectivity index (χ4n) is 9.98. The van der Waals surface area contributed by atoms with Crippen LogP contribution in [0.15, 0.2) is 24.3 Å². The maximum absolute atomic E-state index is 11.0. The summed E-state index contributed by atoms with van der Waals surface area (Å²) in [6.07, 6.45) is 14.4. The highest BCUT2D eigenvalue weighted by Gasteiger charge is 2.49. The first kappa shape index (κ1) is 67.9. The first-order valence-electron chi connectivity index (χ1n) is 27.4. The van der Waals surface area contributed by atoms with Gasteiger partial charge in [-0.15, -0.1) is 0 Å². The lowest BCUT2D eigenvalue weighted by Crippen LogP contribution is -2.43. The summed E-state index contributed by atoms with van der Waals surface area (Å²) in [7, 11) is -2.02. The fraction of sp³-hybridized carbons (Fsp3) is 0.893. The smallest absolute Gasteiger partial charge is 0.331 e. The molecule has 19 heteroatoms. The second-order valence-corrected chi connectivity index (χ2v) is 40.7. The minimum atomic E-state index is -1.75. The van der Waals surface area contributed by atoms with E-state index in [2.05, 4.69) is 106 Å². The predicted octanol–water partition coefficient (Wildman–Crippen LogP) is 9.03. The Morgan fingerprint density at radius 3 is 1.44 bits per heavy atom. The molecule has 0 aromatic rings. The lowest BCUT2D eigenvalue weighted by atomic mass is 10.0. The van der Waals surface area contributed by atoms with Gasteiger partial charge in [-0.2, -0.15) is 0 Å². The Morgan fingerprint density at radius 2 is 0.987 bits per heavy atom. The number of fused-ring (bicyclic) bond motifs is 3. The van der Waals surface area contributed by atoms with Crippen LogP contribution in [-0.2, 0) is 56.0 Å². The largest absolute Gasteiger partial charge is 0.467 e. The van der Waals surface area contributed by atoms with Crippen molar-refractivity contribution >= 4 is 36.9 Å². The number of carbonyl (C=O) groups excluding carboxylic acids is 2. The molecule has 3 saturated carbocycles. The molecule has 8 rings (SSSR count). The topological polar surface area (TPSA) is 207 Å². The van der Waals surface area contributed by atoms with Crippen LogP contribution in [0.5, 0.6) is 0 Å². The highest BCUT2D eigenvalue weighted by molar-refractivity contribution is 6.75. The Bertz CT molecular complexity index is 1810. The van der Waals surface area contributed by atoms with Crippen molar-refractivity contribution in [2.75, 3.05) is 40.6 Å². The number of hydrogen-bond donors (Lipinski definition) is 4. The van der Waals surface area contributed by atoms with Gasteiger partial charge in [0.2, 0.25) is 0 Å². The van der Waals surface area contributed by atoms with Gasteiger partial charge >= 0.3 is 11.9 Å². The molecule has 3 heterocycles. The Balaban J connectivity index is 0.000000249. The molecule has 0 aromatic heterocycles. The van der Waals surface area contributed by atoms with Crippen molar-refractivity contribution < 1.29 is 76.5 Å². The molecule has 4 N–H and O–H groups in total. The summed E-state index contributed by atoms with van der Waals surface area (Å²) in [5.74, 6) is 0.344. The van der Waals surface area contributed by atoms with Crippen molar-refractivity contribution in [3.05, 3.63) is 24.3 Å². The SMILES string of the molecule is C.CC(=O)O[C@H]1CO[C@@H]2C[C@H](O)C[C@H]12.CC(C)(C)[Si](C)(C)O[C@@H]1C=C[C@H](O)C1.CC(C)(C)[Si](C)(C)O[C@@H]1C[C@@H]2[C@@H](O)CO[C@@H]2C1.COC(=O)CO[C@H]1C=C[C@@H](O[Si](C)(C)C(C)(C)C)C1.CO[C@H]1CO[C@@H]2C[C@H](O)C[C@H]12. The Morgan fingerprint density at radius 1 is 0.547 bits per heavy atom. The van der Waals surface area contributed by atoms with Crippen LogP contribution in [0.4, 0.5) is 0 Å². The van der Waals surface area contributed by atoms with Crippen LogP contribution in [-0.4, -0.2) is 177 Å². The number of methoxy groups -OCH3 is 2. The first-order valence-corrected chi connectivity index (χ1v) is 36.1. The zero-order valence-electron chi connectivity index (χ0n) is 48.7. The van der Waals surface area contributed by atoms with Crippen molar-refractivity contribution in [2.45, 2.75) is 262 Å². The highest BCUT2D eigenvalue weighted by Crippen LogP contribution is 2.44. The van der Waals surface area contributed by atoms with E-state index < -0.39 is 25.0 Å². The third kappa shape index (κ3) is 20.0. The monoisotopic (exact) mass is 1120 g/mol. The molecule has 16 atom stereocenters. The average molecular weight is 1120 g/mol. The Labute approximate surface area is 456 Å². The summed E-state index contributed by atoms with van der Waals surface area (Å²) >= 11 is 0. The van der Waals surface area contributed by atoms with E-state index in [1.807, 2.05) is 24.3 Å². The highest BCUT2D eigenvalue weighted by atomic mass is 28.4. The van der Waals surface area contributed by atoms with Crippen LogP contribution in [0.3, 0.4) is 0 Å². The van der Waals surface area contributed by atoms with Crippen LogP contribution < -0.4 is 0 Å². The molecule has 0 bridgehead atoms. The summed E-state index contributed by atoms with van der Waals surface area (Å²) in [5.41, 5.74) is 0. The molecule has 3 saturated heterocycles. The molecule has 5 aliphatic carbocycles. The fourth-order valence-corrected chi connectivity index (χ4v) is 13.9. The van der Waals surface area contributed by atoms with Crippen molar-refractivity contribution in [1.82, 2.24) is 0 Å². The average Bonchev–Trinajstić information content (AvgIpc) is 4.15. The van der Waals surface area contributed by atoms with Gasteiger partial charge in [-0.3, -0.25) is 4.79 Å². The van der Waals surface area contributed by atoms with Crippen molar-refractivity contribution in [2.24, 2.45) is 17.8 Å². The van der Waals surface area contributed by atoms with E-state index in [1.54, 1.807) is 7.11 Å². The third-order valence-corrected chi connectivity index (χ3v) is 31.0. The first-order chi connectivity index (χ1) is 34.1. The molecule has 0 unspecified atom stereocenters. The van der Waals surface area contributed by atoms with Gasteiger partial charge in [0.05, 0.1) is 94.1 Å². The van der Waals surface area contributed by atoms with E-state index >= 15 is 0 Å². The van der Waals surface area contributed by atoms with E-state index in [0.29, 0.717) is 50.6 Å². The minimum Gasteiger partial charge on any atom is -0.467 e. The van der Waals surface area contributed by atoms with Crippen molar-refractivity contribution in [3.8, 4) is 0 Å². The number of carbonyl (C=O) groups is 2. The van der Waals surface area contributed by atoms with Gasteiger partial charge in [0.1, 0.15) is 12.7 Å². The maximum Gasteiger partial charge on any atom is 0.331 e. The maximum atomic E-state index is 11.0. The van der Waals surface area contributed by atoms with Gasteiger partial charge in [0.25, 0.3) is 0 Å². The lowest BCUT2D eigenvalue weighted by molar-refractivity contribution is -0.148. The van der Waals surface area contributed by atoms with Crippen LogP contribution in [0.25, 0.3) is 0 Å². The van der Waals surface area contributed by atoms with Crippen LogP contribution in [0.2, 0.25) is 54.4 Å². The summed E-state index contributed by atoms with van der Waals surface area (Å²) < 4.78 is 55.6. The zero-order valence-corrected chi connectivity index (χ0v) is 51.7. The second kappa shape index (κ2) is 28.3. The van der Waals surface area contributed by atoms with Crippen LogP contribution in [0, 0.1) is 17.8 Å². The number of esters is 2. The van der Waals surface area contributed by atoms with Gasteiger partial charge in [-0.05, 0) is 92.9 Å². The zero-order chi connectivity index (χ0) is 55.8. The van der Waals surface area contributed by atoms with Gasteiger partial charge < -0.3 is 66.9 Å². The van der Waals surface area contributed by atoms with Gasteiger partial charge in [0.15, 0.2) is 25.0 Å². The molecule has 0 amide bonds. The number of hydrogen-bond acceptors (Lipinski definition) is 16. The molecule has 0 aromatic carbocycles. The molecular formula is C56H106O16Si3. The molecule has 0 radical (unpaired) electrons. The van der Waals surface area contributed by atoms with E-state index in [0.717, 1.165) is 38.5 Å². The van der Waals surface area contributed by atoms with Crippen molar-refractivity contribution in [1.29, 1.82) is 0 Å². The summed E-state index contributed by atoms with van der Waals surface area (Å²) in [4.78, 5) is 21.7. The molecule has 75 heavy (non-hydrogen) atoms. The number of aliphatic hydroxyl groups is 4.